The predicted molar refractivity (Wildman–Crippen MR) is 104 cm³/mol. The first-order valence-electron chi connectivity index (χ1n) is 7.94. The van der Waals surface area contributed by atoms with Gasteiger partial charge in [-0.1, -0.05) is 24.3 Å². The maximum Gasteiger partial charge on any atom is 0.315 e. The summed E-state index contributed by atoms with van der Waals surface area (Å²) in [5, 5.41) is 5.53. The molecule has 0 fully saturated rings. The van der Waals surface area contributed by atoms with Crippen molar-refractivity contribution in [2.24, 2.45) is 0 Å². The molecule has 0 aliphatic rings. The minimum Gasteiger partial charge on any atom is -0.370 e. The fraction of sp³-hybridized carbons (Fsp3) is 0.316. The fourth-order valence-corrected chi connectivity index (χ4v) is 1.83. The Kier molecular flexibility index (Phi) is 13.5. The molecule has 2 amide bonds. The van der Waals surface area contributed by atoms with Crippen LogP contribution in [0.3, 0.4) is 0 Å². The Bertz CT molecular complexity index is 394. The standard InChI is InChI=1S/C19H30N4O/c1-5-13-22(14-6-2)17-9-11-20-19(24)21-12-10-18-23(15-7-3)16-8-4/h5-10,17-18H,1-4,11-16H2,(H2,20,21,24)/b17-9+,18-10+. The molecule has 0 bridgehead atoms. The number of carbonyl (C=O) groups excluding carboxylic acids is 1. The van der Waals surface area contributed by atoms with Crippen LogP contribution in [0.15, 0.2) is 75.2 Å². The van der Waals surface area contributed by atoms with Gasteiger partial charge in [0, 0.05) is 39.3 Å². The van der Waals surface area contributed by atoms with Crippen molar-refractivity contribution in [2.75, 3.05) is 39.3 Å². The van der Waals surface area contributed by atoms with Crippen molar-refractivity contribution >= 4 is 6.03 Å². The Labute approximate surface area is 146 Å². The van der Waals surface area contributed by atoms with Gasteiger partial charge < -0.3 is 20.4 Å². The molecule has 0 aliphatic heterocycles. The fourth-order valence-electron chi connectivity index (χ4n) is 1.83. The van der Waals surface area contributed by atoms with Crippen LogP contribution in [0.5, 0.6) is 0 Å². The number of hydrogen-bond acceptors (Lipinski definition) is 3. The summed E-state index contributed by atoms with van der Waals surface area (Å²) in [5.74, 6) is 0. The van der Waals surface area contributed by atoms with E-state index in [1.54, 1.807) is 0 Å². The lowest BCUT2D eigenvalue weighted by atomic mass is 10.4. The maximum absolute atomic E-state index is 11.7. The van der Waals surface area contributed by atoms with Crippen LogP contribution >= 0.6 is 0 Å². The van der Waals surface area contributed by atoms with E-state index in [2.05, 4.69) is 36.9 Å². The number of rotatable bonds is 14. The van der Waals surface area contributed by atoms with Crippen molar-refractivity contribution < 1.29 is 4.79 Å². The van der Waals surface area contributed by atoms with E-state index in [0.717, 1.165) is 26.2 Å². The van der Waals surface area contributed by atoms with Gasteiger partial charge in [0.15, 0.2) is 0 Å². The minimum absolute atomic E-state index is 0.206. The molecule has 5 heteroatoms. The highest BCUT2D eigenvalue weighted by molar-refractivity contribution is 5.74. The van der Waals surface area contributed by atoms with E-state index >= 15 is 0 Å². The van der Waals surface area contributed by atoms with Crippen LogP contribution in [0.2, 0.25) is 0 Å². The summed E-state index contributed by atoms with van der Waals surface area (Å²) in [6.45, 7) is 18.7. The second-order valence-electron chi connectivity index (χ2n) is 4.92. The lowest BCUT2D eigenvalue weighted by Crippen LogP contribution is -2.35. The number of carbonyl (C=O) groups is 1. The molecular formula is C19H30N4O. The molecule has 0 heterocycles. The highest BCUT2D eigenvalue weighted by atomic mass is 16.2. The summed E-state index contributed by atoms with van der Waals surface area (Å²) in [5.41, 5.74) is 0. The van der Waals surface area contributed by atoms with E-state index in [1.807, 2.05) is 58.7 Å². The summed E-state index contributed by atoms with van der Waals surface area (Å²) in [6.07, 6.45) is 14.9. The number of nitrogens with one attached hydrogen (secondary N) is 2. The molecule has 132 valence electrons. The zero-order chi connectivity index (χ0) is 18.0. The molecule has 0 aromatic rings. The van der Waals surface area contributed by atoms with Gasteiger partial charge in [-0.25, -0.2) is 4.79 Å². The maximum atomic E-state index is 11.7. The third kappa shape index (κ3) is 11.9. The molecule has 0 aromatic heterocycles. The lowest BCUT2D eigenvalue weighted by Gasteiger charge is -2.16. The van der Waals surface area contributed by atoms with E-state index in [1.165, 1.54) is 0 Å². The SMILES string of the molecule is C=CCN(/C=C/CNC(=O)NC/C=C/N(CC=C)CC=C)CC=C. The average Bonchev–Trinajstić information content (AvgIpc) is 2.56. The average molecular weight is 330 g/mol. The van der Waals surface area contributed by atoms with Gasteiger partial charge in [-0.05, 0) is 24.6 Å². The topological polar surface area (TPSA) is 47.6 Å². The number of amides is 2. The second kappa shape index (κ2) is 15.2. The van der Waals surface area contributed by atoms with Crippen LogP contribution < -0.4 is 10.6 Å². The van der Waals surface area contributed by atoms with Gasteiger partial charge in [-0.15, -0.1) is 26.3 Å². The Morgan fingerprint density at radius 1 is 0.708 bits per heavy atom. The van der Waals surface area contributed by atoms with Crippen molar-refractivity contribution in [2.45, 2.75) is 0 Å². The lowest BCUT2D eigenvalue weighted by molar-refractivity contribution is 0.243. The van der Waals surface area contributed by atoms with E-state index in [4.69, 9.17) is 0 Å². The van der Waals surface area contributed by atoms with Crippen LogP contribution in [-0.4, -0.2) is 55.1 Å². The first kappa shape index (κ1) is 21.3. The molecule has 0 rings (SSSR count). The molecule has 0 saturated heterocycles. The minimum atomic E-state index is -0.206. The van der Waals surface area contributed by atoms with Gasteiger partial charge in [0.1, 0.15) is 0 Å². The van der Waals surface area contributed by atoms with Gasteiger partial charge in [0.25, 0.3) is 0 Å². The van der Waals surface area contributed by atoms with E-state index in [-0.39, 0.29) is 6.03 Å². The first-order chi connectivity index (χ1) is 11.7. The summed E-state index contributed by atoms with van der Waals surface area (Å²) in [7, 11) is 0. The predicted octanol–water partition coefficient (Wildman–Crippen LogP) is 2.66. The van der Waals surface area contributed by atoms with Crippen molar-refractivity contribution in [3.63, 3.8) is 0 Å². The van der Waals surface area contributed by atoms with Gasteiger partial charge in [0.2, 0.25) is 0 Å². The summed E-state index contributed by atoms with van der Waals surface area (Å²) >= 11 is 0. The normalized spacial score (nSPS) is 10.3. The van der Waals surface area contributed by atoms with Crippen LogP contribution in [0.25, 0.3) is 0 Å². The largest absolute Gasteiger partial charge is 0.370 e. The van der Waals surface area contributed by atoms with Crippen molar-refractivity contribution in [3.05, 3.63) is 75.2 Å². The molecule has 0 radical (unpaired) electrons. The molecule has 5 nitrogen and oxygen atoms in total. The Morgan fingerprint density at radius 3 is 1.33 bits per heavy atom. The zero-order valence-corrected chi connectivity index (χ0v) is 14.5. The van der Waals surface area contributed by atoms with Crippen LogP contribution in [0.1, 0.15) is 0 Å². The van der Waals surface area contributed by atoms with E-state index < -0.39 is 0 Å². The Morgan fingerprint density at radius 2 is 1.04 bits per heavy atom. The smallest absolute Gasteiger partial charge is 0.315 e. The van der Waals surface area contributed by atoms with Crippen molar-refractivity contribution in [3.8, 4) is 0 Å². The van der Waals surface area contributed by atoms with Crippen molar-refractivity contribution in [1.29, 1.82) is 0 Å². The Hall–Kier alpha value is -2.69. The van der Waals surface area contributed by atoms with Crippen LogP contribution in [-0.2, 0) is 0 Å². The number of urea groups is 1. The first-order valence-corrected chi connectivity index (χ1v) is 7.94. The monoisotopic (exact) mass is 330 g/mol. The quantitative estimate of drug-likeness (QED) is 0.481. The van der Waals surface area contributed by atoms with Crippen molar-refractivity contribution in [1.82, 2.24) is 20.4 Å². The van der Waals surface area contributed by atoms with Crippen LogP contribution in [0.4, 0.5) is 4.79 Å². The molecular weight excluding hydrogens is 300 g/mol. The second-order valence-corrected chi connectivity index (χ2v) is 4.92. The van der Waals surface area contributed by atoms with Gasteiger partial charge in [-0.3, -0.25) is 0 Å². The van der Waals surface area contributed by atoms with Gasteiger partial charge in [0.05, 0.1) is 0 Å². The molecule has 0 spiro atoms. The number of hydrogen-bond donors (Lipinski definition) is 2. The molecule has 0 aliphatic carbocycles. The third-order valence-corrected chi connectivity index (χ3v) is 2.85. The third-order valence-electron chi connectivity index (χ3n) is 2.85. The van der Waals surface area contributed by atoms with Gasteiger partial charge in [-0.2, -0.15) is 0 Å². The summed E-state index contributed by atoms with van der Waals surface area (Å²) in [4.78, 5) is 15.7. The molecule has 2 N–H and O–H groups in total. The van der Waals surface area contributed by atoms with Crippen LogP contribution in [0, 0.1) is 0 Å². The molecule has 0 aromatic carbocycles. The molecule has 0 unspecified atom stereocenters. The zero-order valence-electron chi connectivity index (χ0n) is 14.5. The molecule has 24 heavy (non-hydrogen) atoms. The molecule has 0 atom stereocenters. The highest BCUT2D eigenvalue weighted by Crippen LogP contribution is 1.91. The van der Waals surface area contributed by atoms with E-state index in [9.17, 15) is 4.79 Å². The van der Waals surface area contributed by atoms with E-state index in [0.29, 0.717) is 13.1 Å². The summed E-state index contributed by atoms with van der Waals surface area (Å²) < 4.78 is 0. The summed E-state index contributed by atoms with van der Waals surface area (Å²) in [6, 6.07) is -0.206. The highest BCUT2D eigenvalue weighted by Gasteiger charge is 1.96. The number of nitrogens with zero attached hydrogens (tertiary/aromatic N) is 2. The Balaban J connectivity index is 4.00. The van der Waals surface area contributed by atoms with Gasteiger partial charge >= 0.3 is 6.03 Å². The molecule has 0 saturated carbocycles.